The van der Waals surface area contributed by atoms with Crippen LogP contribution in [0.25, 0.3) is 10.8 Å². The smallest absolute Gasteiger partial charge is 0.193 e. The lowest BCUT2D eigenvalue weighted by molar-refractivity contribution is 1.02. The maximum Gasteiger partial charge on any atom is 0.193 e. The number of hydrogen-bond donors (Lipinski definition) is 2. The maximum absolute atomic E-state index is 6.22. The van der Waals surface area contributed by atoms with Crippen molar-refractivity contribution in [2.75, 3.05) is 5.32 Å². The van der Waals surface area contributed by atoms with Gasteiger partial charge in [0.25, 0.3) is 0 Å². The number of benzene rings is 3. The number of nitrogens with one attached hydrogen (secondary N) is 1. The number of hydrogen-bond acceptors (Lipinski definition) is 1. The molecule has 0 aliphatic heterocycles. The molecule has 0 saturated carbocycles. The average molecular weight is 405 g/mol. The first-order chi connectivity index (χ1) is 12.5. The van der Waals surface area contributed by atoms with Gasteiger partial charge in [0.2, 0.25) is 0 Å². The van der Waals surface area contributed by atoms with Gasteiger partial charge in [0, 0.05) is 11.1 Å². The van der Waals surface area contributed by atoms with Crippen molar-refractivity contribution >= 4 is 57.2 Å². The van der Waals surface area contributed by atoms with E-state index in [1.807, 2.05) is 0 Å². The second-order valence-corrected chi connectivity index (χ2v) is 7.44. The largest absolute Gasteiger partial charge is 0.370 e. The van der Waals surface area contributed by atoms with Crippen LogP contribution in [-0.2, 0) is 19.4 Å². The number of halogens is 3. The average Bonchev–Trinajstić information content (AvgIpc) is 3.06. The SMILES string of the molecule is NC(=NCc1ccc(Cl)c(Cl)c1Cl)Nc1ccc2c3c(cccc13)CC2. The van der Waals surface area contributed by atoms with Gasteiger partial charge in [0.05, 0.1) is 21.6 Å². The minimum absolute atomic E-state index is 0.315. The molecule has 26 heavy (non-hydrogen) atoms. The maximum atomic E-state index is 6.22. The highest BCUT2D eigenvalue weighted by molar-refractivity contribution is 6.48. The van der Waals surface area contributed by atoms with Gasteiger partial charge < -0.3 is 11.1 Å². The number of nitrogens with zero attached hydrogens (tertiary/aromatic N) is 1. The highest BCUT2D eigenvalue weighted by atomic mass is 35.5. The van der Waals surface area contributed by atoms with Gasteiger partial charge in [-0.15, -0.1) is 0 Å². The Balaban J connectivity index is 1.59. The molecule has 0 spiro atoms. The van der Waals surface area contributed by atoms with E-state index in [9.17, 15) is 0 Å². The Morgan fingerprint density at radius 1 is 0.962 bits per heavy atom. The van der Waals surface area contributed by atoms with Crippen molar-refractivity contribution in [2.45, 2.75) is 19.4 Å². The summed E-state index contributed by atoms with van der Waals surface area (Å²) in [5.74, 6) is 0.325. The molecule has 0 amide bonds. The number of nitrogens with two attached hydrogens (primary N) is 1. The lowest BCUT2D eigenvalue weighted by atomic mass is 10.0. The Morgan fingerprint density at radius 2 is 1.73 bits per heavy atom. The molecule has 3 aromatic carbocycles. The summed E-state index contributed by atoms with van der Waals surface area (Å²) < 4.78 is 0. The van der Waals surface area contributed by atoms with E-state index in [0.717, 1.165) is 24.1 Å². The van der Waals surface area contributed by atoms with Crippen molar-refractivity contribution in [2.24, 2.45) is 10.7 Å². The van der Waals surface area contributed by atoms with E-state index in [1.165, 1.54) is 21.9 Å². The zero-order valence-electron chi connectivity index (χ0n) is 13.8. The molecule has 1 aliphatic carbocycles. The summed E-state index contributed by atoms with van der Waals surface area (Å²) in [6.07, 6.45) is 2.19. The lowest BCUT2D eigenvalue weighted by Gasteiger charge is -2.11. The molecule has 6 heteroatoms. The summed E-state index contributed by atoms with van der Waals surface area (Å²) in [5.41, 5.74) is 10.6. The summed E-state index contributed by atoms with van der Waals surface area (Å²) >= 11 is 18.2. The zero-order valence-corrected chi connectivity index (χ0v) is 16.1. The van der Waals surface area contributed by atoms with Crippen molar-refractivity contribution in [3.05, 3.63) is 74.2 Å². The molecule has 0 unspecified atom stereocenters. The lowest BCUT2D eigenvalue weighted by Crippen LogP contribution is -2.22. The van der Waals surface area contributed by atoms with Crippen molar-refractivity contribution < 1.29 is 0 Å². The minimum atomic E-state index is 0.315. The highest BCUT2D eigenvalue weighted by Gasteiger charge is 2.16. The Labute approximate surface area is 166 Å². The molecule has 4 rings (SSSR count). The van der Waals surface area contributed by atoms with Crippen LogP contribution in [-0.4, -0.2) is 5.96 Å². The van der Waals surface area contributed by atoms with E-state index in [2.05, 4.69) is 40.6 Å². The number of guanidine groups is 1. The second-order valence-electron chi connectivity index (χ2n) is 6.27. The number of aliphatic imine (C=N–C) groups is 1. The minimum Gasteiger partial charge on any atom is -0.370 e. The summed E-state index contributed by atoms with van der Waals surface area (Å²) in [7, 11) is 0. The van der Waals surface area contributed by atoms with E-state index in [4.69, 9.17) is 40.5 Å². The van der Waals surface area contributed by atoms with Crippen LogP contribution in [0.2, 0.25) is 15.1 Å². The summed E-state index contributed by atoms with van der Waals surface area (Å²) in [5, 5.41) is 6.87. The summed E-state index contributed by atoms with van der Waals surface area (Å²) in [6, 6.07) is 14.1. The Kier molecular flexibility index (Phi) is 4.70. The van der Waals surface area contributed by atoms with Crippen LogP contribution in [0.3, 0.4) is 0 Å². The first-order valence-corrected chi connectivity index (χ1v) is 9.41. The molecule has 1 aliphatic rings. The molecule has 132 valence electrons. The fraction of sp³-hybridized carbons (Fsp3) is 0.150. The highest BCUT2D eigenvalue weighted by Crippen LogP contribution is 2.35. The number of rotatable bonds is 3. The molecule has 0 fully saturated rings. The number of anilines is 1. The van der Waals surface area contributed by atoms with Gasteiger partial charge in [-0.2, -0.15) is 0 Å². The first-order valence-electron chi connectivity index (χ1n) is 8.27. The Morgan fingerprint density at radius 3 is 2.54 bits per heavy atom. The molecule has 0 atom stereocenters. The van der Waals surface area contributed by atoms with Gasteiger partial charge >= 0.3 is 0 Å². The molecular weight excluding hydrogens is 389 g/mol. The predicted molar refractivity (Wildman–Crippen MR) is 112 cm³/mol. The predicted octanol–water partition coefficient (Wildman–Crippen LogP) is 5.83. The zero-order chi connectivity index (χ0) is 18.3. The fourth-order valence-corrected chi connectivity index (χ4v) is 4.01. The molecule has 0 radical (unpaired) electrons. The molecule has 3 N–H and O–H groups in total. The van der Waals surface area contributed by atoms with E-state index in [0.29, 0.717) is 27.6 Å². The van der Waals surface area contributed by atoms with Crippen LogP contribution < -0.4 is 11.1 Å². The van der Waals surface area contributed by atoms with Crippen LogP contribution in [0.1, 0.15) is 16.7 Å². The number of aryl methyl sites for hydroxylation is 2. The third-order valence-electron chi connectivity index (χ3n) is 4.67. The second kappa shape index (κ2) is 6.99. The normalized spacial score (nSPS) is 13.4. The first kappa shape index (κ1) is 17.5. The third-order valence-corrected chi connectivity index (χ3v) is 6.01. The molecule has 0 aromatic heterocycles. The molecular formula is C20H16Cl3N3. The van der Waals surface area contributed by atoms with Gasteiger partial charge in [0.15, 0.2) is 5.96 Å². The summed E-state index contributed by atoms with van der Waals surface area (Å²) in [6.45, 7) is 0.315. The van der Waals surface area contributed by atoms with Gasteiger partial charge in [0.1, 0.15) is 0 Å². The quantitative estimate of drug-likeness (QED) is 0.328. The van der Waals surface area contributed by atoms with E-state index >= 15 is 0 Å². The third kappa shape index (κ3) is 3.11. The topological polar surface area (TPSA) is 50.4 Å². The standard InChI is InChI=1S/C20H16Cl3N3/c21-15-8-6-13(18(22)19(15)23)10-25-20(24)26-16-9-7-12-5-4-11-2-1-3-14(16)17(11)12/h1-3,6-9H,4-5,10H2,(H3,24,25,26). The van der Waals surface area contributed by atoms with Gasteiger partial charge in [-0.05, 0) is 47.1 Å². The van der Waals surface area contributed by atoms with E-state index in [1.54, 1.807) is 12.1 Å². The van der Waals surface area contributed by atoms with Gasteiger partial charge in [-0.25, -0.2) is 4.99 Å². The molecule has 0 saturated heterocycles. The molecule has 0 bridgehead atoms. The van der Waals surface area contributed by atoms with Crippen molar-refractivity contribution in [1.29, 1.82) is 0 Å². The van der Waals surface area contributed by atoms with Crippen LogP contribution in [0, 0.1) is 0 Å². The van der Waals surface area contributed by atoms with Crippen LogP contribution >= 0.6 is 34.8 Å². The van der Waals surface area contributed by atoms with Crippen molar-refractivity contribution in [3.8, 4) is 0 Å². The Hall–Kier alpha value is -1.94. The van der Waals surface area contributed by atoms with Crippen molar-refractivity contribution in [1.82, 2.24) is 0 Å². The van der Waals surface area contributed by atoms with Crippen LogP contribution in [0.5, 0.6) is 0 Å². The molecule has 3 aromatic rings. The van der Waals surface area contributed by atoms with Gasteiger partial charge in [-0.3, -0.25) is 0 Å². The van der Waals surface area contributed by atoms with Crippen molar-refractivity contribution in [3.63, 3.8) is 0 Å². The summed E-state index contributed by atoms with van der Waals surface area (Å²) in [4.78, 5) is 4.39. The van der Waals surface area contributed by atoms with Crippen LogP contribution in [0.15, 0.2) is 47.5 Å². The van der Waals surface area contributed by atoms with Crippen LogP contribution in [0.4, 0.5) is 5.69 Å². The van der Waals surface area contributed by atoms with E-state index < -0.39 is 0 Å². The fourth-order valence-electron chi connectivity index (χ4n) is 3.39. The molecule has 3 nitrogen and oxygen atoms in total. The van der Waals surface area contributed by atoms with Gasteiger partial charge in [-0.1, -0.05) is 65.1 Å². The Bertz CT molecular complexity index is 1030. The monoisotopic (exact) mass is 403 g/mol. The molecule has 0 heterocycles. The van der Waals surface area contributed by atoms with E-state index in [-0.39, 0.29) is 0 Å².